The topological polar surface area (TPSA) is 63.2 Å². The summed E-state index contributed by atoms with van der Waals surface area (Å²) in [6, 6.07) is 3.70. The number of carbonyl (C=O) groups is 1. The van der Waals surface area contributed by atoms with Crippen LogP contribution in [0.15, 0.2) is 18.3 Å². The summed E-state index contributed by atoms with van der Waals surface area (Å²) in [4.78, 5) is 15.7. The Morgan fingerprint density at radius 2 is 2.35 bits per heavy atom. The van der Waals surface area contributed by atoms with Crippen molar-refractivity contribution in [1.82, 2.24) is 4.98 Å². The van der Waals surface area contributed by atoms with E-state index in [-0.39, 0.29) is 11.8 Å². The van der Waals surface area contributed by atoms with Crippen molar-refractivity contribution < 1.29 is 9.53 Å². The molecule has 1 fully saturated rings. The largest absolute Gasteiger partial charge is 0.383 e. The van der Waals surface area contributed by atoms with Crippen LogP contribution in [0.5, 0.6) is 0 Å². The Hall–Kier alpha value is -1.62. The highest BCUT2D eigenvalue weighted by Gasteiger charge is 2.29. The lowest BCUT2D eigenvalue weighted by atomic mass is 10.3. The molecular weight excluding hydrogens is 218 g/mol. The number of nitrogens with one attached hydrogen (secondary N) is 2. The number of ether oxygens (including phenoxy) is 1. The van der Waals surface area contributed by atoms with Gasteiger partial charge in [-0.3, -0.25) is 4.79 Å². The SMILES string of the molecule is COCCNc1ccc(NC(=O)C2CC2)cn1. The summed E-state index contributed by atoms with van der Waals surface area (Å²) < 4.78 is 4.93. The molecule has 0 spiro atoms. The third-order valence-corrected chi connectivity index (χ3v) is 2.59. The first-order chi connectivity index (χ1) is 8.29. The average molecular weight is 235 g/mol. The second kappa shape index (κ2) is 5.63. The molecule has 1 aliphatic rings. The Bertz CT molecular complexity index is 374. The summed E-state index contributed by atoms with van der Waals surface area (Å²) in [5.41, 5.74) is 0.749. The second-order valence-electron chi connectivity index (χ2n) is 4.12. The molecule has 0 unspecified atom stereocenters. The maximum Gasteiger partial charge on any atom is 0.227 e. The van der Waals surface area contributed by atoms with E-state index in [0.717, 1.165) is 30.9 Å². The number of nitrogens with zero attached hydrogens (tertiary/aromatic N) is 1. The number of hydrogen-bond donors (Lipinski definition) is 2. The van der Waals surface area contributed by atoms with E-state index < -0.39 is 0 Å². The number of hydrogen-bond acceptors (Lipinski definition) is 4. The van der Waals surface area contributed by atoms with E-state index in [2.05, 4.69) is 15.6 Å². The van der Waals surface area contributed by atoms with Gasteiger partial charge in [-0.1, -0.05) is 0 Å². The van der Waals surface area contributed by atoms with Crippen molar-refractivity contribution in [3.63, 3.8) is 0 Å². The first-order valence-corrected chi connectivity index (χ1v) is 5.79. The molecule has 0 aliphatic heterocycles. The summed E-state index contributed by atoms with van der Waals surface area (Å²) in [5, 5.41) is 5.96. The summed E-state index contributed by atoms with van der Waals surface area (Å²) in [6.45, 7) is 1.36. The molecular formula is C12H17N3O2. The Kier molecular flexibility index (Phi) is 3.93. The van der Waals surface area contributed by atoms with Gasteiger partial charge < -0.3 is 15.4 Å². The van der Waals surface area contributed by atoms with Crippen molar-refractivity contribution in [2.75, 3.05) is 30.9 Å². The van der Waals surface area contributed by atoms with Gasteiger partial charge in [-0.2, -0.15) is 0 Å². The van der Waals surface area contributed by atoms with Gasteiger partial charge in [0.2, 0.25) is 5.91 Å². The zero-order chi connectivity index (χ0) is 12.1. The first kappa shape index (κ1) is 11.9. The number of carbonyl (C=O) groups excluding carboxylic acids is 1. The fourth-order valence-corrected chi connectivity index (χ4v) is 1.44. The van der Waals surface area contributed by atoms with Gasteiger partial charge in [0.05, 0.1) is 18.5 Å². The monoisotopic (exact) mass is 235 g/mol. The van der Waals surface area contributed by atoms with E-state index in [0.29, 0.717) is 6.61 Å². The summed E-state index contributed by atoms with van der Waals surface area (Å²) in [7, 11) is 1.66. The van der Waals surface area contributed by atoms with Gasteiger partial charge in [0.25, 0.3) is 0 Å². The molecule has 0 bridgehead atoms. The van der Waals surface area contributed by atoms with Crippen molar-refractivity contribution >= 4 is 17.4 Å². The smallest absolute Gasteiger partial charge is 0.227 e. The zero-order valence-corrected chi connectivity index (χ0v) is 9.90. The standard InChI is InChI=1S/C12H17N3O2/c1-17-7-6-13-11-5-4-10(8-14-11)15-12(16)9-2-3-9/h4-5,8-9H,2-3,6-7H2,1H3,(H,13,14)(H,15,16). The molecule has 1 aliphatic carbocycles. The average Bonchev–Trinajstić information content (AvgIpc) is 3.16. The fraction of sp³-hybridized carbons (Fsp3) is 0.500. The van der Waals surface area contributed by atoms with Gasteiger partial charge in [-0.05, 0) is 25.0 Å². The van der Waals surface area contributed by atoms with Crippen LogP contribution in [0.25, 0.3) is 0 Å². The van der Waals surface area contributed by atoms with Crippen molar-refractivity contribution in [2.24, 2.45) is 5.92 Å². The highest BCUT2D eigenvalue weighted by Crippen LogP contribution is 2.30. The van der Waals surface area contributed by atoms with Gasteiger partial charge in [0, 0.05) is 19.6 Å². The lowest BCUT2D eigenvalue weighted by molar-refractivity contribution is -0.117. The first-order valence-electron chi connectivity index (χ1n) is 5.79. The molecule has 17 heavy (non-hydrogen) atoms. The highest BCUT2D eigenvalue weighted by atomic mass is 16.5. The van der Waals surface area contributed by atoms with Crippen LogP contribution in [-0.2, 0) is 9.53 Å². The molecule has 2 N–H and O–H groups in total. The molecule has 1 aromatic rings. The van der Waals surface area contributed by atoms with Crippen molar-refractivity contribution in [1.29, 1.82) is 0 Å². The molecule has 5 nitrogen and oxygen atoms in total. The molecule has 1 aromatic heterocycles. The third-order valence-electron chi connectivity index (χ3n) is 2.59. The van der Waals surface area contributed by atoms with Crippen LogP contribution < -0.4 is 10.6 Å². The van der Waals surface area contributed by atoms with Crippen molar-refractivity contribution in [3.05, 3.63) is 18.3 Å². The lowest BCUT2D eigenvalue weighted by Crippen LogP contribution is -2.14. The highest BCUT2D eigenvalue weighted by molar-refractivity contribution is 5.93. The van der Waals surface area contributed by atoms with E-state index in [9.17, 15) is 4.79 Å². The van der Waals surface area contributed by atoms with Crippen LogP contribution in [0.1, 0.15) is 12.8 Å². The normalized spacial score (nSPS) is 14.4. The maximum atomic E-state index is 11.5. The van der Waals surface area contributed by atoms with Crippen LogP contribution in [-0.4, -0.2) is 31.2 Å². The lowest BCUT2D eigenvalue weighted by Gasteiger charge is -2.06. The van der Waals surface area contributed by atoms with E-state index >= 15 is 0 Å². The van der Waals surface area contributed by atoms with Crippen molar-refractivity contribution in [2.45, 2.75) is 12.8 Å². The van der Waals surface area contributed by atoms with Gasteiger partial charge in [0.1, 0.15) is 5.82 Å². The molecule has 0 saturated heterocycles. The molecule has 0 radical (unpaired) electrons. The minimum absolute atomic E-state index is 0.104. The quantitative estimate of drug-likeness (QED) is 0.733. The van der Waals surface area contributed by atoms with Crippen LogP contribution >= 0.6 is 0 Å². The minimum atomic E-state index is 0.104. The summed E-state index contributed by atoms with van der Waals surface area (Å²) in [6.07, 6.45) is 3.68. The van der Waals surface area contributed by atoms with Crippen LogP contribution in [0.4, 0.5) is 11.5 Å². The second-order valence-corrected chi connectivity index (χ2v) is 4.12. The van der Waals surface area contributed by atoms with Crippen molar-refractivity contribution in [3.8, 4) is 0 Å². The number of methoxy groups -OCH3 is 1. The van der Waals surface area contributed by atoms with E-state index in [1.165, 1.54) is 0 Å². The number of amides is 1. The van der Waals surface area contributed by atoms with Crippen LogP contribution in [0.2, 0.25) is 0 Å². The van der Waals surface area contributed by atoms with E-state index in [4.69, 9.17) is 4.74 Å². The van der Waals surface area contributed by atoms with E-state index in [1.54, 1.807) is 13.3 Å². The summed E-state index contributed by atoms with van der Waals surface area (Å²) >= 11 is 0. The predicted molar refractivity (Wildman–Crippen MR) is 66.0 cm³/mol. The third kappa shape index (κ3) is 3.71. The molecule has 1 heterocycles. The van der Waals surface area contributed by atoms with Crippen LogP contribution in [0.3, 0.4) is 0 Å². The Labute approximate surface area is 101 Å². The van der Waals surface area contributed by atoms with Gasteiger partial charge >= 0.3 is 0 Å². The molecule has 5 heteroatoms. The zero-order valence-electron chi connectivity index (χ0n) is 9.90. The fourth-order valence-electron chi connectivity index (χ4n) is 1.44. The Morgan fingerprint density at radius 1 is 1.53 bits per heavy atom. The number of anilines is 2. The van der Waals surface area contributed by atoms with Crippen LogP contribution in [0, 0.1) is 5.92 Å². The molecule has 92 valence electrons. The Balaban J connectivity index is 1.82. The number of pyridine rings is 1. The number of rotatable bonds is 6. The van der Waals surface area contributed by atoms with E-state index in [1.807, 2.05) is 12.1 Å². The molecule has 1 amide bonds. The maximum absolute atomic E-state index is 11.5. The minimum Gasteiger partial charge on any atom is -0.383 e. The Morgan fingerprint density at radius 3 is 2.94 bits per heavy atom. The molecule has 0 aromatic carbocycles. The van der Waals surface area contributed by atoms with Gasteiger partial charge in [-0.15, -0.1) is 0 Å². The summed E-state index contributed by atoms with van der Waals surface area (Å²) in [5.74, 6) is 1.10. The predicted octanol–water partition coefficient (Wildman–Crippen LogP) is 1.49. The van der Waals surface area contributed by atoms with Gasteiger partial charge in [-0.25, -0.2) is 4.98 Å². The van der Waals surface area contributed by atoms with Gasteiger partial charge in [0.15, 0.2) is 0 Å². The number of aromatic nitrogens is 1. The molecule has 0 atom stereocenters. The molecule has 1 saturated carbocycles. The molecule has 2 rings (SSSR count).